The Kier molecular flexibility index (Phi) is 3.76. The van der Waals surface area contributed by atoms with Crippen LogP contribution in [-0.2, 0) is 11.3 Å². The molecule has 0 bridgehead atoms. The van der Waals surface area contributed by atoms with Crippen molar-refractivity contribution in [1.29, 1.82) is 0 Å². The number of hydrogen-bond donors (Lipinski definition) is 2. The largest absolute Gasteiger partial charge is 0.454 e. The highest BCUT2D eigenvalue weighted by molar-refractivity contribution is 5.83. The zero-order valence-electron chi connectivity index (χ0n) is 12.6. The summed E-state index contributed by atoms with van der Waals surface area (Å²) < 4.78 is 10.6. The van der Waals surface area contributed by atoms with Crippen LogP contribution in [0.15, 0.2) is 18.2 Å². The van der Waals surface area contributed by atoms with E-state index in [-0.39, 0.29) is 18.1 Å². The van der Waals surface area contributed by atoms with E-state index < -0.39 is 0 Å². The number of nitrogens with one attached hydrogen (secondary N) is 2. The van der Waals surface area contributed by atoms with Gasteiger partial charge in [0.15, 0.2) is 11.5 Å². The number of amides is 1. The minimum absolute atomic E-state index is 0.139. The Hall–Kier alpha value is -1.75. The van der Waals surface area contributed by atoms with Crippen molar-refractivity contribution in [3.05, 3.63) is 23.8 Å². The number of fused-ring (bicyclic) bond motifs is 1. The molecule has 5 nitrogen and oxygen atoms in total. The molecule has 1 unspecified atom stereocenters. The van der Waals surface area contributed by atoms with Gasteiger partial charge in [-0.1, -0.05) is 19.9 Å². The first-order chi connectivity index (χ1) is 10.1. The predicted molar refractivity (Wildman–Crippen MR) is 79.2 cm³/mol. The second-order valence-corrected chi connectivity index (χ2v) is 6.11. The lowest BCUT2D eigenvalue weighted by Crippen LogP contribution is -2.45. The van der Waals surface area contributed by atoms with Crippen LogP contribution in [0.3, 0.4) is 0 Å². The van der Waals surface area contributed by atoms with E-state index in [9.17, 15) is 4.79 Å². The molecule has 3 rings (SSSR count). The summed E-state index contributed by atoms with van der Waals surface area (Å²) in [6, 6.07) is 5.78. The summed E-state index contributed by atoms with van der Waals surface area (Å²) in [5.74, 6) is 1.98. The van der Waals surface area contributed by atoms with Gasteiger partial charge in [0.05, 0.1) is 5.41 Å². The van der Waals surface area contributed by atoms with Crippen LogP contribution in [0, 0.1) is 11.3 Å². The van der Waals surface area contributed by atoms with E-state index in [4.69, 9.17) is 9.47 Å². The normalized spacial score (nSPS) is 23.6. The summed E-state index contributed by atoms with van der Waals surface area (Å²) >= 11 is 0. The zero-order valence-corrected chi connectivity index (χ0v) is 12.6. The fourth-order valence-electron chi connectivity index (χ4n) is 3.07. The molecular weight excluding hydrogens is 268 g/mol. The number of ether oxygens (including phenoxy) is 2. The average Bonchev–Trinajstić information content (AvgIpc) is 3.13. The van der Waals surface area contributed by atoms with Gasteiger partial charge in [-0.05, 0) is 36.6 Å². The first kappa shape index (κ1) is 14.2. The average molecular weight is 290 g/mol. The number of hydrogen-bond acceptors (Lipinski definition) is 4. The maximum atomic E-state index is 12.6. The molecule has 114 valence electrons. The van der Waals surface area contributed by atoms with Crippen molar-refractivity contribution >= 4 is 5.91 Å². The summed E-state index contributed by atoms with van der Waals surface area (Å²) in [7, 11) is 0. The van der Waals surface area contributed by atoms with Crippen LogP contribution in [0.4, 0.5) is 0 Å². The van der Waals surface area contributed by atoms with Crippen molar-refractivity contribution in [2.24, 2.45) is 11.3 Å². The third-order valence-electron chi connectivity index (χ3n) is 4.64. The van der Waals surface area contributed by atoms with Gasteiger partial charge in [-0.25, -0.2) is 0 Å². The molecular formula is C16H22N2O3. The van der Waals surface area contributed by atoms with E-state index in [0.29, 0.717) is 12.5 Å². The predicted octanol–water partition coefficient (Wildman–Crippen LogP) is 1.67. The van der Waals surface area contributed by atoms with Gasteiger partial charge < -0.3 is 20.1 Å². The first-order valence-electron chi connectivity index (χ1n) is 7.49. The summed E-state index contributed by atoms with van der Waals surface area (Å²) in [5.41, 5.74) is 0.744. The molecule has 0 radical (unpaired) electrons. The van der Waals surface area contributed by atoms with Crippen LogP contribution in [0.1, 0.15) is 25.8 Å². The van der Waals surface area contributed by atoms with Crippen LogP contribution in [0.2, 0.25) is 0 Å². The van der Waals surface area contributed by atoms with Crippen molar-refractivity contribution in [3.8, 4) is 11.5 Å². The van der Waals surface area contributed by atoms with Crippen LogP contribution < -0.4 is 20.1 Å². The molecule has 0 saturated carbocycles. The molecule has 2 aliphatic rings. The molecule has 1 amide bonds. The van der Waals surface area contributed by atoms with Gasteiger partial charge in [-0.2, -0.15) is 0 Å². The quantitative estimate of drug-likeness (QED) is 0.885. The highest BCUT2D eigenvalue weighted by Crippen LogP contribution is 2.35. The lowest BCUT2D eigenvalue weighted by atomic mass is 9.75. The number of benzene rings is 1. The van der Waals surface area contributed by atoms with E-state index in [1.165, 1.54) is 0 Å². The Balaban J connectivity index is 1.65. The van der Waals surface area contributed by atoms with Gasteiger partial charge in [0, 0.05) is 13.1 Å². The topological polar surface area (TPSA) is 59.6 Å². The van der Waals surface area contributed by atoms with Gasteiger partial charge in [0.25, 0.3) is 0 Å². The molecule has 1 saturated heterocycles. The SMILES string of the molecule is CC(C)C1(C(=O)NCc2ccc3c(c2)OCO3)CCNC1. The lowest BCUT2D eigenvalue weighted by molar-refractivity contribution is -0.132. The molecule has 1 atom stereocenters. The van der Waals surface area contributed by atoms with Crippen LogP contribution in [0.5, 0.6) is 11.5 Å². The number of carbonyl (C=O) groups is 1. The number of rotatable bonds is 4. The smallest absolute Gasteiger partial charge is 0.231 e. The van der Waals surface area contributed by atoms with Crippen molar-refractivity contribution < 1.29 is 14.3 Å². The minimum Gasteiger partial charge on any atom is -0.454 e. The molecule has 1 aromatic rings. The van der Waals surface area contributed by atoms with Crippen LogP contribution in [-0.4, -0.2) is 25.8 Å². The van der Waals surface area contributed by atoms with Crippen LogP contribution >= 0.6 is 0 Å². The zero-order chi connectivity index (χ0) is 14.9. The van der Waals surface area contributed by atoms with Gasteiger partial charge in [0.2, 0.25) is 12.7 Å². The highest BCUT2D eigenvalue weighted by atomic mass is 16.7. The molecule has 2 aliphatic heterocycles. The maximum Gasteiger partial charge on any atom is 0.231 e. The molecule has 1 fully saturated rings. The highest BCUT2D eigenvalue weighted by Gasteiger charge is 2.43. The van der Waals surface area contributed by atoms with Crippen molar-refractivity contribution in [3.63, 3.8) is 0 Å². The van der Waals surface area contributed by atoms with Crippen molar-refractivity contribution in [2.75, 3.05) is 19.9 Å². The molecule has 1 aromatic carbocycles. The van der Waals surface area contributed by atoms with Gasteiger partial charge >= 0.3 is 0 Å². The third kappa shape index (κ3) is 2.58. The fourth-order valence-corrected chi connectivity index (χ4v) is 3.07. The van der Waals surface area contributed by atoms with Crippen molar-refractivity contribution in [2.45, 2.75) is 26.8 Å². The second kappa shape index (κ2) is 5.56. The summed E-state index contributed by atoms with van der Waals surface area (Å²) in [6.45, 7) is 6.70. The Morgan fingerprint density at radius 1 is 1.38 bits per heavy atom. The van der Waals surface area contributed by atoms with E-state index in [1.807, 2.05) is 18.2 Å². The molecule has 2 heterocycles. The lowest BCUT2D eigenvalue weighted by Gasteiger charge is -2.31. The van der Waals surface area contributed by atoms with Gasteiger partial charge in [-0.3, -0.25) is 4.79 Å². The standard InChI is InChI=1S/C16H22N2O3/c1-11(2)16(5-6-17-9-16)15(19)18-8-12-3-4-13-14(7-12)21-10-20-13/h3-4,7,11,17H,5-6,8-10H2,1-2H3,(H,18,19). The molecule has 5 heteroatoms. The van der Waals surface area contributed by atoms with E-state index in [0.717, 1.165) is 36.6 Å². The van der Waals surface area contributed by atoms with Crippen LogP contribution in [0.25, 0.3) is 0 Å². The Labute approximate surface area is 125 Å². The Morgan fingerprint density at radius 2 is 2.19 bits per heavy atom. The molecule has 0 aliphatic carbocycles. The molecule has 0 spiro atoms. The van der Waals surface area contributed by atoms with Crippen molar-refractivity contribution in [1.82, 2.24) is 10.6 Å². The van der Waals surface area contributed by atoms with E-state index in [2.05, 4.69) is 24.5 Å². The summed E-state index contributed by atoms with van der Waals surface area (Å²) in [5, 5.41) is 6.39. The fraction of sp³-hybridized carbons (Fsp3) is 0.562. The van der Waals surface area contributed by atoms with Gasteiger partial charge in [-0.15, -0.1) is 0 Å². The summed E-state index contributed by atoms with van der Waals surface area (Å²) in [4.78, 5) is 12.6. The molecule has 0 aromatic heterocycles. The van der Waals surface area contributed by atoms with E-state index >= 15 is 0 Å². The monoisotopic (exact) mass is 290 g/mol. The number of carbonyl (C=O) groups excluding carboxylic acids is 1. The second-order valence-electron chi connectivity index (χ2n) is 6.11. The molecule has 2 N–H and O–H groups in total. The third-order valence-corrected chi connectivity index (χ3v) is 4.64. The Morgan fingerprint density at radius 3 is 2.90 bits per heavy atom. The van der Waals surface area contributed by atoms with E-state index in [1.54, 1.807) is 0 Å². The van der Waals surface area contributed by atoms with Gasteiger partial charge in [0.1, 0.15) is 0 Å². The Bertz CT molecular complexity index is 536. The molecule has 21 heavy (non-hydrogen) atoms. The first-order valence-corrected chi connectivity index (χ1v) is 7.49. The summed E-state index contributed by atoms with van der Waals surface area (Å²) in [6.07, 6.45) is 0.900. The minimum atomic E-state index is -0.281. The maximum absolute atomic E-state index is 12.6.